The summed E-state index contributed by atoms with van der Waals surface area (Å²) >= 11 is 3.12. The van der Waals surface area contributed by atoms with E-state index in [-0.39, 0.29) is 0 Å². The third-order valence-corrected chi connectivity index (χ3v) is 3.86. The van der Waals surface area contributed by atoms with E-state index in [1.54, 1.807) is 23.1 Å². The first kappa shape index (κ1) is 9.55. The molecule has 2 rings (SSSR count). The molecule has 0 saturated carbocycles. The quantitative estimate of drug-likeness (QED) is 0.483. The lowest BCUT2D eigenvalue weighted by Crippen LogP contribution is -1.95. The van der Waals surface area contributed by atoms with Crippen LogP contribution in [0.3, 0.4) is 0 Å². The van der Waals surface area contributed by atoms with E-state index in [4.69, 9.17) is 5.73 Å². The Kier molecular flexibility index (Phi) is 2.48. The molecule has 4 heteroatoms. The summed E-state index contributed by atoms with van der Waals surface area (Å²) in [5.41, 5.74) is 7.14. The number of rotatable bonds is 2. The monoisotopic (exact) mass is 223 g/mol. The standard InChI is InChI=1S/C10H9NOS2/c1-13-8-4-6-2-3-14-10(6)9(11)7(8)5-12/h2-5H,11H2,1H3. The fourth-order valence-corrected chi connectivity index (χ4v) is 2.89. The molecule has 72 valence electrons. The van der Waals surface area contributed by atoms with Crippen molar-refractivity contribution < 1.29 is 4.79 Å². The molecule has 0 radical (unpaired) electrons. The van der Waals surface area contributed by atoms with Gasteiger partial charge in [-0.25, -0.2) is 0 Å². The Morgan fingerprint density at radius 2 is 2.36 bits per heavy atom. The van der Waals surface area contributed by atoms with Crippen LogP contribution in [0.2, 0.25) is 0 Å². The van der Waals surface area contributed by atoms with Crippen molar-refractivity contribution in [2.45, 2.75) is 4.90 Å². The number of hydrogen-bond donors (Lipinski definition) is 1. The van der Waals surface area contributed by atoms with Gasteiger partial charge >= 0.3 is 0 Å². The maximum atomic E-state index is 10.9. The van der Waals surface area contributed by atoms with Gasteiger partial charge in [0, 0.05) is 4.90 Å². The fraction of sp³-hybridized carbons (Fsp3) is 0.100. The average molecular weight is 223 g/mol. The summed E-state index contributed by atoms with van der Waals surface area (Å²) in [6.07, 6.45) is 2.78. The molecule has 1 aromatic carbocycles. The van der Waals surface area contributed by atoms with Gasteiger partial charge in [0.05, 0.1) is 16.0 Å². The molecule has 0 saturated heterocycles. The minimum absolute atomic E-state index is 0.608. The van der Waals surface area contributed by atoms with Crippen LogP contribution in [0.5, 0.6) is 0 Å². The molecular weight excluding hydrogens is 214 g/mol. The van der Waals surface area contributed by atoms with E-state index >= 15 is 0 Å². The number of benzene rings is 1. The highest BCUT2D eigenvalue weighted by atomic mass is 32.2. The molecule has 0 spiro atoms. The number of thiophene rings is 1. The summed E-state index contributed by atoms with van der Waals surface area (Å²) in [6, 6.07) is 4.03. The van der Waals surface area contributed by atoms with Crippen molar-refractivity contribution in [3.63, 3.8) is 0 Å². The molecule has 0 unspecified atom stereocenters. The van der Waals surface area contributed by atoms with E-state index < -0.39 is 0 Å². The van der Waals surface area contributed by atoms with E-state index in [1.165, 1.54) is 0 Å². The molecule has 2 N–H and O–H groups in total. The number of hydrogen-bond acceptors (Lipinski definition) is 4. The predicted molar refractivity (Wildman–Crippen MR) is 63.4 cm³/mol. The smallest absolute Gasteiger partial charge is 0.153 e. The lowest BCUT2D eigenvalue weighted by Gasteiger charge is -2.05. The van der Waals surface area contributed by atoms with Crippen molar-refractivity contribution in [3.05, 3.63) is 23.1 Å². The van der Waals surface area contributed by atoms with Crippen molar-refractivity contribution in [1.29, 1.82) is 0 Å². The molecule has 14 heavy (non-hydrogen) atoms. The molecule has 0 aliphatic heterocycles. The molecule has 0 aliphatic rings. The molecule has 2 nitrogen and oxygen atoms in total. The van der Waals surface area contributed by atoms with Gasteiger partial charge in [-0.2, -0.15) is 0 Å². The lowest BCUT2D eigenvalue weighted by molar-refractivity contribution is 0.112. The van der Waals surface area contributed by atoms with Crippen LogP contribution in [0.25, 0.3) is 10.1 Å². The van der Waals surface area contributed by atoms with Crippen LogP contribution in [-0.4, -0.2) is 12.5 Å². The number of nitrogens with two attached hydrogens (primary N) is 1. The van der Waals surface area contributed by atoms with Crippen LogP contribution in [0.1, 0.15) is 10.4 Å². The first-order valence-corrected chi connectivity index (χ1v) is 6.17. The van der Waals surface area contributed by atoms with Crippen LogP contribution >= 0.6 is 23.1 Å². The van der Waals surface area contributed by atoms with Gasteiger partial charge in [0.15, 0.2) is 6.29 Å². The average Bonchev–Trinajstić information content (AvgIpc) is 2.65. The highest BCUT2D eigenvalue weighted by molar-refractivity contribution is 7.98. The number of aldehydes is 1. The van der Waals surface area contributed by atoms with E-state index in [2.05, 4.69) is 0 Å². The predicted octanol–water partition coefficient (Wildman–Crippen LogP) is 3.02. The summed E-state index contributed by atoms with van der Waals surface area (Å²) in [7, 11) is 0. The highest BCUT2D eigenvalue weighted by Gasteiger charge is 2.10. The molecule has 0 amide bonds. The van der Waals surface area contributed by atoms with Gasteiger partial charge in [-0.3, -0.25) is 4.79 Å². The summed E-state index contributed by atoms with van der Waals surface area (Å²) in [5, 5.41) is 3.10. The van der Waals surface area contributed by atoms with Crippen molar-refractivity contribution in [3.8, 4) is 0 Å². The van der Waals surface area contributed by atoms with E-state index in [1.807, 2.05) is 23.8 Å². The van der Waals surface area contributed by atoms with Gasteiger partial charge in [0.1, 0.15) is 0 Å². The minimum Gasteiger partial charge on any atom is -0.397 e. The maximum absolute atomic E-state index is 10.9. The second-order valence-electron chi connectivity index (χ2n) is 2.86. The van der Waals surface area contributed by atoms with Crippen molar-refractivity contribution in [2.75, 3.05) is 12.0 Å². The van der Waals surface area contributed by atoms with Crippen LogP contribution in [0, 0.1) is 0 Å². The number of carbonyl (C=O) groups excluding carboxylic acids is 1. The fourth-order valence-electron chi connectivity index (χ4n) is 1.42. The van der Waals surface area contributed by atoms with Crippen LogP contribution < -0.4 is 5.73 Å². The zero-order chi connectivity index (χ0) is 10.1. The lowest BCUT2D eigenvalue weighted by atomic mass is 10.1. The number of carbonyl (C=O) groups is 1. The van der Waals surface area contributed by atoms with Gasteiger partial charge in [0.2, 0.25) is 0 Å². The van der Waals surface area contributed by atoms with Gasteiger partial charge in [0.25, 0.3) is 0 Å². The summed E-state index contributed by atoms with van der Waals surface area (Å²) in [4.78, 5) is 11.8. The second kappa shape index (κ2) is 3.63. The Morgan fingerprint density at radius 1 is 1.57 bits per heavy atom. The summed E-state index contributed by atoms with van der Waals surface area (Å²) < 4.78 is 1.00. The molecule has 1 heterocycles. The normalized spacial score (nSPS) is 10.6. The van der Waals surface area contributed by atoms with Crippen LogP contribution in [-0.2, 0) is 0 Å². The Morgan fingerprint density at radius 3 is 3.00 bits per heavy atom. The zero-order valence-electron chi connectivity index (χ0n) is 7.61. The largest absolute Gasteiger partial charge is 0.397 e. The third-order valence-electron chi connectivity index (χ3n) is 2.12. The molecular formula is C10H9NOS2. The Balaban J connectivity index is 2.85. The van der Waals surface area contributed by atoms with E-state index in [0.717, 1.165) is 21.3 Å². The Labute approximate surface area is 90.1 Å². The van der Waals surface area contributed by atoms with Gasteiger partial charge in [-0.1, -0.05) is 0 Å². The SMILES string of the molecule is CSc1cc2ccsc2c(N)c1C=O. The molecule has 0 fully saturated rings. The molecule has 0 atom stereocenters. The number of fused-ring (bicyclic) bond motifs is 1. The minimum atomic E-state index is 0.608. The maximum Gasteiger partial charge on any atom is 0.153 e. The van der Waals surface area contributed by atoms with Crippen LogP contribution in [0.4, 0.5) is 5.69 Å². The molecule has 0 bridgehead atoms. The highest BCUT2D eigenvalue weighted by Crippen LogP contribution is 2.34. The van der Waals surface area contributed by atoms with E-state index in [0.29, 0.717) is 11.3 Å². The Bertz CT molecular complexity index is 490. The molecule has 2 aromatic rings. The second-order valence-corrected chi connectivity index (χ2v) is 4.63. The van der Waals surface area contributed by atoms with Crippen LogP contribution in [0.15, 0.2) is 22.4 Å². The Hall–Kier alpha value is -1.00. The first-order valence-electron chi connectivity index (χ1n) is 4.06. The van der Waals surface area contributed by atoms with Crippen molar-refractivity contribution in [2.24, 2.45) is 0 Å². The number of nitrogen functional groups attached to an aromatic ring is 1. The van der Waals surface area contributed by atoms with Gasteiger partial charge in [-0.05, 0) is 29.2 Å². The molecule has 1 aromatic heterocycles. The summed E-state index contributed by atoms with van der Waals surface area (Å²) in [5.74, 6) is 0. The first-order chi connectivity index (χ1) is 6.77. The van der Waals surface area contributed by atoms with Crippen molar-refractivity contribution in [1.82, 2.24) is 0 Å². The topological polar surface area (TPSA) is 43.1 Å². The third kappa shape index (κ3) is 1.31. The van der Waals surface area contributed by atoms with Gasteiger partial charge in [-0.15, -0.1) is 23.1 Å². The van der Waals surface area contributed by atoms with Gasteiger partial charge < -0.3 is 5.73 Å². The number of thioether (sulfide) groups is 1. The number of anilines is 1. The van der Waals surface area contributed by atoms with Crippen molar-refractivity contribution >= 4 is 45.2 Å². The van der Waals surface area contributed by atoms with E-state index in [9.17, 15) is 4.79 Å². The molecule has 0 aliphatic carbocycles. The summed E-state index contributed by atoms with van der Waals surface area (Å²) in [6.45, 7) is 0. The zero-order valence-corrected chi connectivity index (χ0v) is 9.24.